The molecule has 1 amide bonds. The Balaban J connectivity index is 1.58. The Kier molecular flexibility index (Phi) is 5.58. The molecular formula is C18H20ClFN2O3. The first-order valence-corrected chi connectivity index (χ1v) is 8.76. The molecule has 134 valence electrons. The third-order valence-electron chi connectivity index (χ3n) is 4.29. The van der Waals surface area contributed by atoms with Crippen LogP contribution in [-0.2, 0) is 6.61 Å². The monoisotopic (exact) mass is 366 g/mol. The number of aromatic nitrogens is 1. The predicted octanol–water partition coefficient (Wildman–Crippen LogP) is 4.31. The first-order valence-electron chi connectivity index (χ1n) is 8.38. The number of ether oxygens (including phenoxy) is 1. The zero-order valence-electron chi connectivity index (χ0n) is 14.0. The van der Waals surface area contributed by atoms with Crippen molar-refractivity contribution in [1.29, 1.82) is 0 Å². The molecule has 0 bridgehead atoms. The van der Waals surface area contributed by atoms with Crippen molar-refractivity contribution in [3.05, 3.63) is 46.9 Å². The highest BCUT2D eigenvalue weighted by molar-refractivity contribution is 6.32. The first kappa shape index (κ1) is 17.7. The molecule has 1 atom stereocenters. The number of carbonyl (C=O) groups excluding carboxylic acids is 1. The van der Waals surface area contributed by atoms with Crippen LogP contribution in [0, 0.1) is 11.7 Å². The third kappa shape index (κ3) is 4.31. The topological polar surface area (TPSA) is 55.6 Å². The second-order valence-electron chi connectivity index (χ2n) is 6.18. The van der Waals surface area contributed by atoms with E-state index >= 15 is 0 Å². The van der Waals surface area contributed by atoms with Crippen molar-refractivity contribution < 1.29 is 18.3 Å². The summed E-state index contributed by atoms with van der Waals surface area (Å²) in [7, 11) is 0. The van der Waals surface area contributed by atoms with Gasteiger partial charge in [-0.3, -0.25) is 4.79 Å². The second kappa shape index (κ2) is 7.87. The Labute approximate surface area is 150 Å². The van der Waals surface area contributed by atoms with Gasteiger partial charge in [-0.15, -0.1) is 0 Å². The number of halogens is 2. The van der Waals surface area contributed by atoms with Crippen molar-refractivity contribution in [2.24, 2.45) is 5.92 Å². The molecule has 25 heavy (non-hydrogen) atoms. The maximum Gasteiger partial charge on any atom is 0.275 e. The normalized spacial score (nSPS) is 17.1. The molecule has 3 rings (SSSR count). The van der Waals surface area contributed by atoms with Gasteiger partial charge in [0.2, 0.25) is 5.89 Å². The van der Waals surface area contributed by atoms with Crippen molar-refractivity contribution >= 4 is 17.5 Å². The molecule has 7 heteroatoms. The number of benzene rings is 1. The van der Waals surface area contributed by atoms with Gasteiger partial charge >= 0.3 is 0 Å². The van der Waals surface area contributed by atoms with Crippen LogP contribution in [0.15, 0.2) is 28.9 Å². The number of rotatable bonds is 6. The van der Waals surface area contributed by atoms with Gasteiger partial charge in [-0.25, -0.2) is 9.37 Å². The Morgan fingerprint density at radius 3 is 3.12 bits per heavy atom. The lowest BCUT2D eigenvalue weighted by atomic mass is 10.0. The van der Waals surface area contributed by atoms with Gasteiger partial charge in [0.15, 0.2) is 12.3 Å². The van der Waals surface area contributed by atoms with E-state index in [-0.39, 0.29) is 29.1 Å². The minimum absolute atomic E-state index is 0.0110. The SMILES string of the molecule is CCC[C@@H]1CCN(C(=O)c2coc(COc3ccc(F)cc3Cl)n2)C1. The molecule has 0 N–H and O–H groups in total. The number of amides is 1. The number of nitrogens with zero attached hydrogens (tertiary/aromatic N) is 2. The number of oxazole rings is 1. The summed E-state index contributed by atoms with van der Waals surface area (Å²) in [5.74, 6) is 0.621. The van der Waals surface area contributed by atoms with Crippen LogP contribution in [0.3, 0.4) is 0 Å². The highest BCUT2D eigenvalue weighted by atomic mass is 35.5. The van der Waals surface area contributed by atoms with E-state index in [1.165, 1.54) is 24.5 Å². The first-order chi connectivity index (χ1) is 12.1. The van der Waals surface area contributed by atoms with E-state index in [4.69, 9.17) is 20.8 Å². The summed E-state index contributed by atoms with van der Waals surface area (Å²) in [5, 5.41) is 0.168. The van der Waals surface area contributed by atoms with Crippen molar-refractivity contribution in [1.82, 2.24) is 9.88 Å². The van der Waals surface area contributed by atoms with E-state index in [0.29, 0.717) is 11.7 Å². The van der Waals surface area contributed by atoms with Crippen LogP contribution in [-0.4, -0.2) is 28.9 Å². The zero-order chi connectivity index (χ0) is 17.8. The molecule has 1 saturated heterocycles. The molecule has 0 saturated carbocycles. The molecule has 0 radical (unpaired) electrons. The summed E-state index contributed by atoms with van der Waals surface area (Å²) in [6.07, 6.45) is 4.65. The van der Waals surface area contributed by atoms with Crippen LogP contribution >= 0.6 is 11.6 Å². The minimum Gasteiger partial charge on any atom is -0.482 e. The van der Waals surface area contributed by atoms with Crippen molar-refractivity contribution in [3.8, 4) is 5.75 Å². The smallest absolute Gasteiger partial charge is 0.275 e. The summed E-state index contributed by atoms with van der Waals surface area (Å²) in [6.45, 7) is 3.70. The predicted molar refractivity (Wildman–Crippen MR) is 91.2 cm³/mol. The standard InChI is InChI=1S/C18H20ClFN2O3/c1-2-3-12-6-7-22(9-12)18(23)15-10-25-17(21-15)11-24-16-5-4-13(20)8-14(16)19/h4-5,8,10,12H,2-3,6-7,9,11H2,1H3/t12-/m1/s1. The minimum atomic E-state index is -0.437. The van der Waals surface area contributed by atoms with Crippen LogP contribution in [0.2, 0.25) is 5.02 Å². The molecular weight excluding hydrogens is 347 g/mol. The second-order valence-corrected chi connectivity index (χ2v) is 6.59. The summed E-state index contributed by atoms with van der Waals surface area (Å²) in [6, 6.07) is 3.86. The summed E-state index contributed by atoms with van der Waals surface area (Å²) in [5.41, 5.74) is 0.279. The lowest BCUT2D eigenvalue weighted by Crippen LogP contribution is -2.29. The summed E-state index contributed by atoms with van der Waals surface area (Å²) in [4.78, 5) is 18.5. The van der Waals surface area contributed by atoms with Gasteiger partial charge in [0.25, 0.3) is 5.91 Å². The molecule has 0 spiro atoms. The maximum atomic E-state index is 13.0. The van der Waals surface area contributed by atoms with Crippen LogP contribution in [0.5, 0.6) is 5.75 Å². The zero-order valence-corrected chi connectivity index (χ0v) is 14.8. The average Bonchev–Trinajstić information content (AvgIpc) is 3.23. The number of likely N-dealkylation sites (tertiary alicyclic amines) is 1. The lowest BCUT2D eigenvalue weighted by Gasteiger charge is -2.14. The van der Waals surface area contributed by atoms with E-state index in [0.717, 1.165) is 32.4 Å². The summed E-state index contributed by atoms with van der Waals surface area (Å²) >= 11 is 5.90. The van der Waals surface area contributed by atoms with E-state index in [9.17, 15) is 9.18 Å². The molecule has 2 aromatic rings. The molecule has 1 aromatic heterocycles. The maximum absolute atomic E-state index is 13.0. The van der Waals surface area contributed by atoms with Crippen molar-refractivity contribution in [2.45, 2.75) is 32.8 Å². The Morgan fingerprint density at radius 1 is 1.52 bits per heavy atom. The Morgan fingerprint density at radius 2 is 2.36 bits per heavy atom. The molecule has 5 nitrogen and oxygen atoms in total. The van der Waals surface area contributed by atoms with E-state index in [1.807, 2.05) is 4.90 Å². The van der Waals surface area contributed by atoms with E-state index in [1.54, 1.807) is 0 Å². The number of carbonyl (C=O) groups is 1. The molecule has 1 aliphatic heterocycles. The summed E-state index contributed by atoms with van der Waals surface area (Å²) < 4.78 is 23.8. The van der Waals surface area contributed by atoms with Gasteiger partial charge in [-0.1, -0.05) is 24.9 Å². The van der Waals surface area contributed by atoms with Gasteiger partial charge in [0.1, 0.15) is 17.8 Å². The quantitative estimate of drug-likeness (QED) is 0.764. The fourth-order valence-electron chi connectivity index (χ4n) is 3.03. The fraction of sp³-hybridized carbons (Fsp3) is 0.444. The van der Waals surface area contributed by atoms with Crippen LogP contribution in [0.1, 0.15) is 42.6 Å². The van der Waals surface area contributed by atoms with Gasteiger partial charge in [-0.05, 0) is 37.0 Å². The molecule has 1 fully saturated rings. The van der Waals surface area contributed by atoms with E-state index in [2.05, 4.69) is 11.9 Å². The Bertz CT molecular complexity index is 750. The Hall–Kier alpha value is -2.08. The van der Waals surface area contributed by atoms with Crippen LogP contribution < -0.4 is 4.74 Å². The average molecular weight is 367 g/mol. The number of hydrogen-bond acceptors (Lipinski definition) is 4. The molecule has 0 unspecified atom stereocenters. The van der Waals surface area contributed by atoms with Gasteiger partial charge in [-0.2, -0.15) is 0 Å². The highest BCUT2D eigenvalue weighted by Crippen LogP contribution is 2.26. The largest absolute Gasteiger partial charge is 0.482 e. The molecule has 2 heterocycles. The van der Waals surface area contributed by atoms with E-state index < -0.39 is 5.82 Å². The van der Waals surface area contributed by atoms with Crippen molar-refractivity contribution in [3.63, 3.8) is 0 Å². The fourth-order valence-corrected chi connectivity index (χ4v) is 3.25. The third-order valence-corrected chi connectivity index (χ3v) is 4.58. The van der Waals surface area contributed by atoms with Crippen molar-refractivity contribution in [2.75, 3.05) is 13.1 Å². The molecule has 0 aliphatic carbocycles. The van der Waals surface area contributed by atoms with Crippen LogP contribution in [0.4, 0.5) is 4.39 Å². The van der Waals surface area contributed by atoms with Gasteiger partial charge < -0.3 is 14.1 Å². The highest BCUT2D eigenvalue weighted by Gasteiger charge is 2.28. The van der Waals surface area contributed by atoms with Crippen LogP contribution in [0.25, 0.3) is 0 Å². The van der Waals surface area contributed by atoms with Gasteiger partial charge in [0, 0.05) is 13.1 Å². The molecule has 1 aliphatic rings. The van der Waals surface area contributed by atoms with Gasteiger partial charge in [0.05, 0.1) is 5.02 Å². The molecule has 1 aromatic carbocycles. The number of hydrogen-bond donors (Lipinski definition) is 0. The lowest BCUT2D eigenvalue weighted by molar-refractivity contribution is 0.0780.